The van der Waals surface area contributed by atoms with E-state index in [9.17, 15) is 4.79 Å². The quantitative estimate of drug-likeness (QED) is 0.938. The number of imidazole rings is 1. The summed E-state index contributed by atoms with van der Waals surface area (Å²) < 4.78 is 5.53. The Balaban J connectivity index is 1.64. The number of H-pyrrole nitrogens is 1. The minimum atomic E-state index is -0.182. The number of nitrogens with zero attached hydrogens (tertiary/aromatic N) is 3. The summed E-state index contributed by atoms with van der Waals surface area (Å²) in [6, 6.07) is 7.77. The number of anilines is 1. The Morgan fingerprint density at radius 3 is 2.83 bits per heavy atom. The number of benzene rings is 1. The van der Waals surface area contributed by atoms with E-state index in [4.69, 9.17) is 4.74 Å². The molecule has 122 valence electrons. The molecular weight excluding hydrogens is 292 g/mol. The number of methoxy groups -OCH3 is 1. The number of aromatic amines is 1. The van der Waals surface area contributed by atoms with E-state index < -0.39 is 0 Å². The number of hydrogen-bond donors (Lipinski definition) is 1. The van der Waals surface area contributed by atoms with Gasteiger partial charge in [-0.2, -0.15) is 0 Å². The molecule has 2 saturated heterocycles. The molecule has 6 nitrogen and oxygen atoms in total. The molecule has 1 amide bonds. The van der Waals surface area contributed by atoms with Crippen molar-refractivity contribution in [2.24, 2.45) is 0 Å². The van der Waals surface area contributed by atoms with Gasteiger partial charge in [0.25, 0.3) is 0 Å². The number of hydrogen-bond acceptors (Lipinski definition) is 4. The molecule has 2 aliphatic rings. The monoisotopic (exact) mass is 314 g/mol. The second-order valence-corrected chi connectivity index (χ2v) is 6.37. The van der Waals surface area contributed by atoms with Crippen LogP contribution in [0.3, 0.4) is 0 Å². The number of carbonyl (C=O) groups is 1. The van der Waals surface area contributed by atoms with Crippen molar-refractivity contribution in [3.8, 4) is 0 Å². The second-order valence-electron chi connectivity index (χ2n) is 6.37. The average molecular weight is 314 g/mol. The van der Waals surface area contributed by atoms with Crippen LogP contribution < -0.4 is 4.90 Å². The van der Waals surface area contributed by atoms with Crippen molar-refractivity contribution < 1.29 is 9.53 Å². The summed E-state index contributed by atoms with van der Waals surface area (Å²) in [5, 5.41) is 0. The van der Waals surface area contributed by atoms with E-state index in [1.54, 1.807) is 7.11 Å². The summed E-state index contributed by atoms with van der Waals surface area (Å²) in [6.45, 7) is 2.45. The molecule has 0 spiro atoms. The van der Waals surface area contributed by atoms with Crippen molar-refractivity contribution in [1.29, 1.82) is 0 Å². The Hall–Kier alpha value is -2.08. The predicted octanol–water partition coefficient (Wildman–Crippen LogP) is 1.78. The minimum absolute atomic E-state index is 0.0692. The Labute approximate surface area is 135 Å². The van der Waals surface area contributed by atoms with E-state index in [1.165, 1.54) is 0 Å². The number of rotatable bonds is 3. The van der Waals surface area contributed by atoms with Gasteiger partial charge in [-0.1, -0.05) is 12.1 Å². The summed E-state index contributed by atoms with van der Waals surface area (Å²) in [5.74, 6) is 0.978. The molecule has 4 rings (SSSR count). The lowest BCUT2D eigenvalue weighted by atomic mass is 10.1. The first kappa shape index (κ1) is 14.5. The molecule has 1 aromatic carbocycles. The molecular formula is C17H22N4O2. The molecule has 0 aliphatic carbocycles. The van der Waals surface area contributed by atoms with Gasteiger partial charge in [0.15, 0.2) is 0 Å². The van der Waals surface area contributed by atoms with Crippen molar-refractivity contribution in [3.05, 3.63) is 24.3 Å². The van der Waals surface area contributed by atoms with Crippen LogP contribution in [-0.4, -0.2) is 59.7 Å². The van der Waals surface area contributed by atoms with Crippen LogP contribution in [0.25, 0.3) is 11.0 Å². The van der Waals surface area contributed by atoms with E-state index in [-0.39, 0.29) is 18.1 Å². The topological polar surface area (TPSA) is 61.5 Å². The SMILES string of the molecule is CO[C@H]1C[C@@H](C(=O)N2CCCC2)N(c2nc3ccccc3[nH]2)C1. The Kier molecular flexibility index (Phi) is 3.69. The van der Waals surface area contributed by atoms with Crippen LogP contribution >= 0.6 is 0 Å². The van der Waals surface area contributed by atoms with Gasteiger partial charge in [0, 0.05) is 33.2 Å². The normalized spacial score (nSPS) is 24.7. The summed E-state index contributed by atoms with van der Waals surface area (Å²) >= 11 is 0. The first-order valence-electron chi connectivity index (χ1n) is 8.29. The first-order valence-corrected chi connectivity index (χ1v) is 8.29. The molecule has 3 heterocycles. The fraction of sp³-hybridized carbons (Fsp3) is 0.529. The van der Waals surface area contributed by atoms with Crippen LogP contribution in [0, 0.1) is 0 Å². The predicted molar refractivity (Wildman–Crippen MR) is 88.5 cm³/mol. The average Bonchev–Trinajstić information content (AvgIpc) is 3.31. The maximum absolute atomic E-state index is 12.9. The molecule has 1 aromatic heterocycles. The lowest BCUT2D eigenvalue weighted by Gasteiger charge is -2.27. The number of nitrogens with one attached hydrogen (secondary N) is 1. The van der Waals surface area contributed by atoms with Gasteiger partial charge < -0.3 is 19.5 Å². The lowest BCUT2D eigenvalue weighted by molar-refractivity contribution is -0.131. The van der Waals surface area contributed by atoms with E-state index in [1.807, 2.05) is 29.2 Å². The molecule has 6 heteroatoms. The highest BCUT2D eigenvalue weighted by atomic mass is 16.5. The lowest BCUT2D eigenvalue weighted by Crippen LogP contribution is -2.45. The molecule has 2 aromatic rings. The Bertz CT molecular complexity index is 674. The van der Waals surface area contributed by atoms with Crippen molar-refractivity contribution in [2.75, 3.05) is 31.6 Å². The largest absolute Gasteiger partial charge is 0.380 e. The number of amides is 1. The van der Waals surface area contributed by atoms with Crippen molar-refractivity contribution in [2.45, 2.75) is 31.4 Å². The molecule has 2 aliphatic heterocycles. The number of para-hydroxylation sites is 2. The number of fused-ring (bicyclic) bond motifs is 1. The van der Waals surface area contributed by atoms with Crippen molar-refractivity contribution in [3.63, 3.8) is 0 Å². The number of aromatic nitrogens is 2. The molecule has 2 atom stereocenters. The van der Waals surface area contributed by atoms with E-state index in [2.05, 4.69) is 14.9 Å². The highest BCUT2D eigenvalue weighted by Crippen LogP contribution is 2.28. The van der Waals surface area contributed by atoms with Gasteiger partial charge in [-0.15, -0.1) is 0 Å². The number of ether oxygens (including phenoxy) is 1. The third kappa shape index (κ3) is 2.57. The molecule has 0 unspecified atom stereocenters. The molecule has 1 N–H and O–H groups in total. The molecule has 0 saturated carbocycles. The van der Waals surface area contributed by atoms with Crippen LogP contribution in [0.5, 0.6) is 0 Å². The van der Waals surface area contributed by atoms with Gasteiger partial charge in [0.1, 0.15) is 6.04 Å². The van der Waals surface area contributed by atoms with Gasteiger partial charge in [-0.05, 0) is 25.0 Å². The Morgan fingerprint density at radius 1 is 1.30 bits per heavy atom. The highest BCUT2D eigenvalue weighted by molar-refractivity contribution is 5.87. The van der Waals surface area contributed by atoms with Gasteiger partial charge >= 0.3 is 0 Å². The van der Waals surface area contributed by atoms with Gasteiger partial charge in [-0.25, -0.2) is 4.98 Å². The standard InChI is InChI=1S/C17H22N4O2/c1-23-12-10-15(16(22)20-8-4-5-9-20)21(11-12)17-18-13-6-2-3-7-14(13)19-17/h2-3,6-7,12,15H,4-5,8-11H2,1H3,(H,18,19)/t12-,15-/m0/s1. The summed E-state index contributed by atoms with van der Waals surface area (Å²) in [4.78, 5) is 25.0. The third-order valence-corrected chi connectivity index (χ3v) is 4.95. The zero-order valence-electron chi connectivity index (χ0n) is 13.4. The maximum atomic E-state index is 12.9. The van der Waals surface area contributed by atoms with Crippen LogP contribution in [0.4, 0.5) is 5.95 Å². The molecule has 2 fully saturated rings. The van der Waals surface area contributed by atoms with Gasteiger partial charge in [0.05, 0.1) is 17.1 Å². The van der Waals surface area contributed by atoms with Crippen LogP contribution in [0.1, 0.15) is 19.3 Å². The van der Waals surface area contributed by atoms with E-state index >= 15 is 0 Å². The van der Waals surface area contributed by atoms with Crippen LogP contribution in [0.15, 0.2) is 24.3 Å². The first-order chi connectivity index (χ1) is 11.3. The van der Waals surface area contributed by atoms with Crippen LogP contribution in [-0.2, 0) is 9.53 Å². The minimum Gasteiger partial charge on any atom is -0.380 e. The number of likely N-dealkylation sites (tertiary alicyclic amines) is 1. The molecule has 0 bridgehead atoms. The maximum Gasteiger partial charge on any atom is 0.245 e. The summed E-state index contributed by atoms with van der Waals surface area (Å²) in [5.41, 5.74) is 1.92. The highest BCUT2D eigenvalue weighted by Gasteiger charge is 2.40. The summed E-state index contributed by atoms with van der Waals surface area (Å²) in [7, 11) is 1.71. The fourth-order valence-electron chi connectivity index (χ4n) is 3.66. The zero-order chi connectivity index (χ0) is 15.8. The van der Waals surface area contributed by atoms with Crippen molar-refractivity contribution in [1.82, 2.24) is 14.9 Å². The zero-order valence-corrected chi connectivity index (χ0v) is 13.4. The van der Waals surface area contributed by atoms with Crippen molar-refractivity contribution >= 4 is 22.9 Å². The van der Waals surface area contributed by atoms with E-state index in [0.717, 1.165) is 49.3 Å². The number of carbonyl (C=O) groups excluding carboxylic acids is 1. The fourth-order valence-corrected chi connectivity index (χ4v) is 3.66. The molecule has 0 radical (unpaired) electrons. The van der Waals surface area contributed by atoms with Gasteiger partial charge in [-0.3, -0.25) is 4.79 Å². The van der Waals surface area contributed by atoms with Gasteiger partial charge in [0.2, 0.25) is 11.9 Å². The smallest absolute Gasteiger partial charge is 0.245 e. The second kappa shape index (κ2) is 5.85. The summed E-state index contributed by atoms with van der Waals surface area (Å²) in [6.07, 6.45) is 3.01. The molecule has 23 heavy (non-hydrogen) atoms. The Morgan fingerprint density at radius 2 is 2.09 bits per heavy atom. The van der Waals surface area contributed by atoms with Crippen LogP contribution in [0.2, 0.25) is 0 Å². The van der Waals surface area contributed by atoms with E-state index in [0.29, 0.717) is 6.54 Å². The third-order valence-electron chi connectivity index (χ3n) is 4.95.